The van der Waals surface area contributed by atoms with Crippen LogP contribution in [0.1, 0.15) is 17.3 Å². The van der Waals surface area contributed by atoms with Crippen LogP contribution in [0.5, 0.6) is 0 Å². The highest BCUT2D eigenvalue weighted by atomic mass is 32.1. The van der Waals surface area contributed by atoms with Gasteiger partial charge in [0.2, 0.25) is 0 Å². The molecule has 0 radical (unpaired) electrons. The lowest BCUT2D eigenvalue weighted by atomic mass is 10.1. The summed E-state index contributed by atoms with van der Waals surface area (Å²) in [6, 6.07) is 24.6. The van der Waals surface area contributed by atoms with E-state index >= 15 is 0 Å². The van der Waals surface area contributed by atoms with Crippen molar-refractivity contribution in [2.45, 2.75) is 13.0 Å². The van der Waals surface area contributed by atoms with Gasteiger partial charge < -0.3 is 4.74 Å². The molecule has 0 saturated heterocycles. The first-order chi connectivity index (χ1) is 16.6. The first kappa shape index (κ1) is 21.9. The predicted octanol–water partition coefficient (Wildman–Crippen LogP) is 6.27. The second-order valence-electron chi connectivity index (χ2n) is 7.47. The molecule has 168 valence electrons. The van der Waals surface area contributed by atoms with Crippen LogP contribution in [0.3, 0.4) is 0 Å². The third kappa shape index (κ3) is 4.59. The molecule has 3 aromatic carbocycles. The number of anilines is 1. The van der Waals surface area contributed by atoms with Crippen LogP contribution in [-0.4, -0.2) is 27.9 Å². The van der Waals surface area contributed by atoms with Crippen LogP contribution in [0.25, 0.3) is 32.0 Å². The largest absolute Gasteiger partial charge is 0.449 e. The summed E-state index contributed by atoms with van der Waals surface area (Å²) in [6.45, 7) is 1.54. The molecule has 0 aliphatic rings. The summed E-state index contributed by atoms with van der Waals surface area (Å²) in [5, 5.41) is 5.77. The third-order valence-electron chi connectivity index (χ3n) is 5.13. The van der Waals surface area contributed by atoms with Crippen LogP contribution >= 0.6 is 22.7 Å². The number of esters is 1. The first-order valence-electron chi connectivity index (χ1n) is 10.6. The Hall–Kier alpha value is -3.88. The summed E-state index contributed by atoms with van der Waals surface area (Å²) in [5.41, 5.74) is 3.65. The zero-order valence-electron chi connectivity index (χ0n) is 18.1. The number of benzene rings is 3. The standard InChI is InChI=1S/C26H19N3O3S2/c1-16(23(30)29-26-28-21(15-33-26)17-9-3-2-4-10-17)32-25(31)19-12-6-5-11-18(19)24-27-20-13-7-8-14-22(20)34-24/h2-16H,1H3,(H,28,29,30). The number of carbonyl (C=O) groups is 2. The van der Waals surface area contributed by atoms with Gasteiger partial charge in [-0.3, -0.25) is 10.1 Å². The Morgan fingerprint density at radius 1 is 0.912 bits per heavy atom. The number of carbonyl (C=O) groups excluding carboxylic acids is 2. The molecule has 1 N–H and O–H groups in total. The van der Waals surface area contributed by atoms with Gasteiger partial charge in [0.1, 0.15) is 5.01 Å². The Morgan fingerprint density at radius 3 is 2.47 bits per heavy atom. The van der Waals surface area contributed by atoms with Crippen molar-refractivity contribution in [3.63, 3.8) is 0 Å². The summed E-state index contributed by atoms with van der Waals surface area (Å²) in [4.78, 5) is 34.7. The molecule has 0 aliphatic heterocycles. The van der Waals surface area contributed by atoms with E-state index in [1.54, 1.807) is 19.1 Å². The Kier molecular flexibility index (Phi) is 6.16. The maximum absolute atomic E-state index is 13.0. The zero-order valence-corrected chi connectivity index (χ0v) is 19.7. The summed E-state index contributed by atoms with van der Waals surface area (Å²) >= 11 is 2.82. The molecule has 34 heavy (non-hydrogen) atoms. The van der Waals surface area contributed by atoms with E-state index in [9.17, 15) is 9.59 Å². The average Bonchev–Trinajstić information content (AvgIpc) is 3.51. The summed E-state index contributed by atoms with van der Waals surface area (Å²) < 4.78 is 6.53. The number of hydrogen-bond donors (Lipinski definition) is 1. The number of aromatic nitrogens is 2. The smallest absolute Gasteiger partial charge is 0.339 e. The SMILES string of the molecule is CC(OC(=O)c1ccccc1-c1nc2ccccc2s1)C(=O)Nc1nc(-c2ccccc2)cs1. The van der Waals surface area contributed by atoms with Crippen LogP contribution in [0.15, 0.2) is 84.2 Å². The molecule has 5 rings (SSSR count). The molecule has 0 aliphatic carbocycles. The van der Waals surface area contributed by atoms with Crippen LogP contribution in [-0.2, 0) is 9.53 Å². The van der Waals surface area contributed by atoms with E-state index in [0.717, 1.165) is 26.5 Å². The fourth-order valence-corrected chi connectivity index (χ4v) is 5.12. The van der Waals surface area contributed by atoms with Crippen molar-refractivity contribution in [3.8, 4) is 21.8 Å². The van der Waals surface area contributed by atoms with Crippen molar-refractivity contribution >= 4 is 49.9 Å². The van der Waals surface area contributed by atoms with E-state index in [1.165, 1.54) is 22.7 Å². The number of nitrogens with one attached hydrogen (secondary N) is 1. The van der Waals surface area contributed by atoms with Crippen molar-refractivity contribution in [1.29, 1.82) is 0 Å². The van der Waals surface area contributed by atoms with E-state index < -0.39 is 18.0 Å². The van der Waals surface area contributed by atoms with E-state index in [4.69, 9.17) is 4.74 Å². The lowest BCUT2D eigenvalue weighted by Gasteiger charge is -2.13. The van der Waals surface area contributed by atoms with E-state index in [-0.39, 0.29) is 0 Å². The van der Waals surface area contributed by atoms with Crippen LogP contribution in [0.4, 0.5) is 5.13 Å². The van der Waals surface area contributed by atoms with Gasteiger partial charge in [-0.1, -0.05) is 60.7 Å². The molecule has 0 spiro atoms. The van der Waals surface area contributed by atoms with Crippen LogP contribution in [0.2, 0.25) is 0 Å². The lowest BCUT2D eigenvalue weighted by Crippen LogP contribution is -2.30. The van der Waals surface area contributed by atoms with Crippen molar-refractivity contribution in [3.05, 3.63) is 89.8 Å². The van der Waals surface area contributed by atoms with Gasteiger partial charge in [0.15, 0.2) is 11.2 Å². The number of para-hydroxylation sites is 1. The van der Waals surface area contributed by atoms with Gasteiger partial charge in [0.25, 0.3) is 5.91 Å². The normalized spacial score (nSPS) is 11.8. The molecular weight excluding hydrogens is 466 g/mol. The summed E-state index contributed by atoms with van der Waals surface area (Å²) in [7, 11) is 0. The highest BCUT2D eigenvalue weighted by molar-refractivity contribution is 7.21. The number of ether oxygens (including phenoxy) is 1. The Balaban J connectivity index is 1.29. The summed E-state index contributed by atoms with van der Waals surface area (Å²) in [6.07, 6.45) is -1.00. The van der Waals surface area contributed by atoms with Gasteiger partial charge in [-0.25, -0.2) is 14.8 Å². The number of thiazole rings is 2. The molecule has 0 saturated carbocycles. The number of rotatable bonds is 6. The van der Waals surface area contributed by atoms with Gasteiger partial charge in [-0.15, -0.1) is 22.7 Å². The molecule has 6 nitrogen and oxygen atoms in total. The van der Waals surface area contributed by atoms with Crippen molar-refractivity contribution in [2.24, 2.45) is 0 Å². The molecule has 0 fully saturated rings. The van der Waals surface area contributed by atoms with E-state index in [0.29, 0.717) is 16.3 Å². The maximum Gasteiger partial charge on any atom is 0.339 e. The number of fused-ring (bicyclic) bond motifs is 1. The van der Waals surface area contributed by atoms with E-state index in [2.05, 4.69) is 15.3 Å². The minimum Gasteiger partial charge on any atom is -0.449 e. The lowest BCUT2D eigenvalue weighted by molar-refractivity contribution is -0.123. The molecule has 2 heterocycles. The van der Waals surface area contributed by atoms with Crippen molar-refractivity contribution < 1.29 is 14.3 Å². The minimum atomic E-state index is -1.00. The number of nitrogens with zero attached hydrogens (tertiary/aromatic N) is 2. The maximum atomic E-state index is 13.0. The third-order valence-corrected chi connectivity index (χ3v) is 6.96. The number of amides is 1. The van der Waals surface area contributed by atoms with E-state index in [1.807, 2.05) is 72.1 Å². The minimum absolute atomic E-state index is 0.363. The molecule has 0 bridgehead atoms. The molecule has 1 amide bonds. The Bertz CT molecular complexity index is 1440. The molecular formula is C26H19N3O3S2. The second-order valence-corrected chi connectivity index (χ2v) is 9.36. The van der Waals surface area contributed by atoms with Gasteiger partial charge in [-0.05, 0) is 25.1 Å². The molecule has 1 unspecified atom stereocenters. The first-order valence-corrected chi connectivity index (χ1v) is 12.3. The fraction of sp³-hybridized carbons (Fsp3) is 0.0769. The topological polar surface area (TPSA) is 81.2 Å². The predicted molar refractivity (Wildman–Crippen MR) is 136 cm³/mol. The van der Waals surface area contributed by atoms with Crippen molar-refractivity contribution in [1.82, 2.24) is 9.97 Å². The van der Waals surface area contributed by atoms with Gasteiger partial charge in [-0.2, -0.15) is 0 Å². The highest BCUT2D eigenvalue weighted by Gasteiger charge is 2.23. The monoisotopic (exact) mass is 485 g/mol. The van der Waals surface area contributed by atoms with Gasteiger partial charge in [0, 0.05) is 16.5 Å². The second kappa shape index (κ2) is 9.54. The van der Waals surface area contributed by atoms with Gasteiger partial charge >= 0.3 is 5.97 Å². The Morgan fingerprint density at radius 2 is 1.65 bits per heavy atom. The number of hydrogen-bond acceptors (Lipinski definition) is 7. The molecule has 2 aromatic heterocycles. The Labute approximate surface area is 203 Å². The molecule has 8 heteroatoms. The average molecular weight is 486 g/mol. The molecule has 1 atom stereocenters. The van der Waals surface area contributed by atoms with Crippen LogP contribution < -0.4 is 5.32 Å². The molecule has 5 aromatic rings. The summed E-state index contributed by atoms with van der Waals surface area (Å²) in [5.74, 6) is -1.03. The van der Waals surface area contributed by atoms with Crippen molar-refractivity contribution in [2.75, 3.05) is 5.32 Å². The highest BCUT2D eigenvalue weighted by Crippen LogP contribution is 2.32. The van der Waals surface area contributed by atoms with Gasteiger partial charge in [0.05, 0.1) is 21.5 Å². The fourth-order valence-electron chi connectivity index (χ4n) is 3.39. The van der Waals surface area contributed by atoms with Crippen LogP contribution in [0, 0.1) is 0 Å². The quantitative estimate of drug-likeness (QED) is 0.287. The zero-order chi connectivity index (χ0) is 23.5.